The van der Waals surface area contributed by atoms with Gasteiger partial charge in [-0.3, -0.25) is 9.59 Å². The van der Waals surface area contributed by atoms with Gasteiger partial charge in [0.25, 0.3) is 0 Å². The summed E-state index contributed by atoms with van der Waals surface area (Å²) in [4.78, 5) is 22.0. The van der Waals surface area contributed by atoms with Gasteiger partial charge in [-0.1, -0.05) is 54.6 Å². The van der Waals surface area contributed by atoms with Crippen LogP contribution in [-0.2, 0) is 33.8 Å². The standard InChI is InChI=1S/C20H23NO3/c1-16(22)24-20(23)12-6-10-17-9-5-11-19(13-17)15-21-14-18-7-3-2-4-8-18/h2-5,7-9,11,13,21H,6,10,12,14-15H2,1H3. The molecular weight excluding hydrogens is 302 g/mol. The molecule has 0 saturated carbocycles. The Hall–Kier alpha value is -2.46. The van der Waals surface area contributed by atoms with E-state index in [9.17, 15) is 9.59 Å². The lowest BCUT2D eigenvalue weighted by Gasteiger charge is -2.07. The summed E-state index contributed by atoms with van der Waals surface area (Å²) in [6.07, 6.45) is 1.72. The molecule has 0 heterocycles. The van der Waals surface area contributed by atoms with Gasteiger partial charge in [-0.15, -0.1) is 0 Å². The first-order chi connectivity index (χ1) is 11.6. The largest absolute Gasteiger partial charge is 0.393 e. The van der Waals surface area contributed by atoms with Gasteiger partial charge in [0.1, 0.15) is 0 Å². The van der Waals surface area contributed by atoms with Crippen LogP contribution in [0.25, 0.3) is 0 Å². The third kappa shape index (κ3) is 6.75. The second-order valence-electron chi connectivity index (χ2n) is 5.73. The highest BCUT2D eigenvalue weighted by Gasteiger charge is 2.06. The van der Waals surface area contributed by atoms with E-state index >= 15 is 0 Å². The van der Waals surface area contributed by atoms with E-state index in [2.05, 4.69) is 40.4 Å². The van der Waals surface area contributed by atoms with Crippen LogP contribution in [0.4, 0.5) is 0 Å². The molecule has 0 aromatic heterocycles. The highest BCUT2D eigenvalue weighted by molar-refractivity contribution is 5.83. The molecule has 0 fully saturated rings. The Balaban J connectivity index is 1.74. The number of aryl methyl sites for hydroxylation is 1. The lowest BCUT2D eigenvalue weighted by atomic mass is 10.1. The molecule has 24 heavy (non-hydrogen) atoms. The van der Waals surface area contributed by atoms with Crippen molar-refractivity contribution in [1.82, 2.24) is 5.32 Å². The highest BCUT2D eigenvalue weighted by Crippen LogP contribution is 2.10. The predicted molar refractivity (Wildman–Crippen MR) is 93.1 cm³/mol. The number of hydrogen-bond acceptors (Lipinski definition) is 4. The van der Waals surface area contributed by atoms with E-state index in [4.69, 9.17) is 0 Å². The van der Waals surface area contributed by atoms with Crippen molar-refractivity contribution in [2.45, 2.75) is 39.3 Å². The lowest BCUT2D eigenvalue weighted by molar-refractivity contribution is -0.158. The molecular formula is C20H23NO3. The van der Waals surface area contributed by atoms with E-state index in [0.29, 0.717) is 6.42 Å². The number of nitrogens with one attached hydrogen (secondary N) is 1. The normalized spacial score (nSPS) is 10.4. The molecule has 0 aliphatic heterocycles. The molecule has 0 amide bonds. The van der Waals surface area contributed by atoms with Crippen LogP contribution in [0, 0.1) is 0 Å². The van der Waals surface area contributed by atoms with Gasteiger partial charge >= 0.3 is 11.9 Å². The van der Waals surface area contributed by atoms with Gasteiger partial charge in [-0.25, -0.2) is 0 Å². The van der Waals surface area contributed by atoms with Crippen LogP contribution in [0.3, 0.4) is 0 Å². The first-order valence-corrected chi connectivity index (χ1v) is 8.17. The van der Waals surface area contributed by atoms with E-state index in [-0.39, 0.29) is 6.42 Å². The van der Waals surface area contributed by atoms with Crippen LogP contribution in [0.15, 0.2) is 54.6 Å². The average molecular weight is 325 g/mol. The van der Waals surface area contributed by atoms with Crippen molar-refractivity contribution in [3.05, 3.63) is 71.3 Å². The molecule has 0 radical (unpaired) electrons. The molecule has 4 nitrogen and oxygen atoms in total. The minimum absolute atomic E-state index is 0.260. The van der Waals surface area contributed by atoms with Crippen molar-refractivity contribution in [2.24, 2.45) is 0 Å². The molecule has 126 valence electrons. The minimum Gasteiger partial charge on any atom is -0.393 e. The molecule has 2 aromatic rings. The smallest absolute Gasteiger partial charge is 0.313 e. The van der Waals surface area contributed by atoms with Crippen molar-refractivity contribution in [2.75, 3.05) is 0 Å². The predicted octanol–water partition coefficient (Wildman–Crippen LogP) is 3.39. The second kappa shape index (κ2) is 9.63. The highest BCUT2D eigenvalue weighted by atomic mass is 16.6. The van der Waals surface area contributed by atoms with Crippen LogP contribution in [0.5, 0.6) is 0 Å². The minimum atomic E-state index is -0.550. The fourth-order valence-electron chi connectivity index (χ4n) is 2.49. The van der Waals surface area contributed by atoms with Crippen molar-refractivity contribution in [3.63, 3.8) is 0 Å². The fourth-order valence-corrected chi connectivity index (χ4v) is 2.49. The van der Waals surface area contributed by atoms with E-state index in [0.717, 1.165) is 19.5 Å². The van der Waals surface area contributed by atoms with Gasteiger partial charge in [0.2, 0.25) is 0 Å². The zero-order chi connectivity index (χ0) is 17.2. The molecule has 0 aliphatic carbocycles. The topological polar surface area (TPSA) is 55.4 Å². The molecule has 1 N–H and O–H groups in total. The van der Waals surface area contributed by atoms with Crippen molar-refractivity contribution in [3.8, 4) is 0 Å². The zero-order valence-electron chi connectivity index (χ0n) is 14.0. The first-order valence-electron chi connectivity index (χ1n) is 8.17. The van der Waals surface area contributed by atoms with E-state index in [1.54, 1.807) is 0 Å². The summed E-state index contributed by atoms with van der Waals surface area (Å²) in [6, 6.07) is 18.6. The van der Waals surface area contributed by atoms with Crippen LogP contribution in [0.2, 0.25) is 0 Å². The quantitative estimate of drug-likeness (QED) is 0.597. The van der Waals surface area contributed by atoms with Gasteiger partial charge in [0, 0.05) is 26.4 Å². The summed E-state index contributed by atoms with van der Waals surface area (Å²) >= 11 is 0. The summed E-state index contributed by atoms with van der Waals surface area (Å²) in [5.74, 6) is -1.00. The Morgan fingerprint density at radius 2 is 1.58 bits per heavy atom. The van der Waals surface area contributed by atoms with Crippen LogP contribution in [-0.4, -0.2) is 11.9 Å². The lowest BCUT2D eigenvalue weighted by Crippen LogP contribution is -2.12. The molecule has 0 atom stereocenters. The molecule has 0 saturated heterocycles. The fraction of sp³-hybridized carbons (Fsp3) is 0.300. The third-order valence-electron chi connectivity index (χ3n) is 3.60. The maximum absolute atomic E-state index is 11.3. The SMILES string of the molecule is CC(=O)OC(=O)CCCc1cccc(CNCc2ccccc2)c1. The summed E-state index contributed by atoms with van der Waals surface area (Å²) in [6.45, 7) is 2.88. The van der Waals surface area contributed by atoms with E-state index < -0.39 is 11.9 Å². The van der Waals surface area contributed by atoms with Gasteiger partial charge in [-0.05, 0) is 29.5 Å². The Kier molecular flexibility index (Phi) is 7.18. The van der Waals surface area contributed by atoms with Gasteiger partial charge in [0.15, 0.2) is 0 Å². The first kappa shape index (κ1) is 17.9. The summed E-state index contributed by atoms with van der Waals surface area (Å²) in [5, 5.41) is 3.43. The number of rotatable bonds is 8. The maximum Gasteiger partial charge on any atom is 0.313 e. The molecule has 0 bridgehead atoms. The van der Waals surface area contributed by atoms with Gasteiger partial charge < -0.3 is 10.1 Å². The van der Waals surface area contributed by atoms with Gasteiger partial charge in [0.05, 0.1) is 0 Å². The van der Waals surface area contributed by atoms with Gasteiger partial charge in [-0.2, -0.15) is 0 Å². The van der Waals surface area contributed by atoms with Crippen molar-refractivity contribution < 1.29 is 14.3 Å². The van der Waals surface area contributed by atoms with Crippen LogP contribution in [0.1, 0.15) is 36.5 Å². The third-order valence-corrected chi connectivity index (χ3v) is 3.60. The zero-order valence-corrected chi connectivity index (χ0v) is 14.0. The van der Waals surface area contributed by atoms with E-state index in [1.807, 2.05) is 24.3 Å². The summed E-state index contributed by atoms with van der Waals surface area (Å²) in [5.41, 5.74) is 3.66. The Morgan fingerprint density at radius 1 is 0.917 bits per heavy atom. The van der Waals surface area contributed by atoms with E-state index in [1.165, 1.54) is 23.6 Å². The average Bonchev–Trinajstić information content (AvgIpc) is 2.55. The Labute approximate surface area is 142 Å². The summed E-state index contributed by atoms with van der Waals surface area (Å²) < 4.78 is 4.52. The number of benzene rings is 2. The monoisotopic (exact) mass is 325 g/mol. The van der Waals surface area contributed by atoms with Crippen molar-refractivity contribution in [1.29, 1.82) is 0 Å². The summed E-state index contributed by atoms with van der Waals surface area (Å²) in [7, 11) is 0. The maximum atomic E-state index is 11.3. The number of hydrogen-bond donors (Lipinski definition) is 1. The number of carbonyl (C=O) groups is 2. The number of esters is 2. The molecule has 0 aliphatic rings. The molecule has 0 unspecified atom stereocenters. The Bertz CT molecular complexity index is 668. The molecule has 2 rings (SSSR count). The molecule has 0 spiro atoms. The van der Waals surface area contributed by atoms with Crippen LogP contribution >= 0.6 is 0 Å². The number of carbonyl (C=O) groups excluding carboxylic acids is 2. The number of ether oxygens (including phenoxy) is 1. The molecule has 2 aromatic carbocycles. The van der Waals surface area contributed by atoms with Crippen molar-refractivity contribution >= 4 is 11.9 Å². The Morgan fingerprint density at radius 3 is 2.33 bits per heavy atom. The molecule has 4 heteroatoms. The second-order valence-corrected chi connectivity index (χ2v) is 5.73. The van der Waals surface area contributed by atoms with Crippen LogP contribution < -0.4 is 5.32 Å².